The summed E-state index contributed by atoms with van der Waals surface area (Å²) < 4.78 is 35.0. The number of rotatable bonds is 6. The first-order chi connectivity index (χ1) is 22.7. The van der Waals surface area contributed by atoms with Gasteiger partial charge in [-0.1, -0.05) is 20.8 Å². The molecule has 272 valence electrons. The number of esters is 5. The molecule has 14 heteroatoms. The Morgan fingerprint density at radius 1 is 0.898 bits per heavy atom. The standard InChI is InChI=1S/C35H48O14/c1-13-10-20-34(7,35(8,43)31(42)49-20)24-21(13)33(6)22(25(24)40)17(12-36)23(27(45-14(2)37)29(33)47-16(4)39)32(5)18(30(41)44-9)11-19-26(48-19)28(32)46-15(3)38/h10,13,17-19,21-29,36,40,43H,11-12H2,1-9H3/t13-,17+,18-,19+,21?,22?,23?,24?,25-,26+,27+,28+,29+,32+,33-,34+,35-/m1/s1. The van der Waals surface area contributed by atoms with Gasteiger partial charge < -0.3 is 43.7 Å². The fraction of sp³-hybridized carbons (Fsp3) is 0.800. The molecule has 2 aliphatic heterocycles. The van der Waals surface area contributed by atoms with E-state index in [4.69, 9.17) is 28.4 Å². The van der Waals surface area contributed by atoms with Crippen LogP contribution >= 0.6 is 0 Å². The van der Waals surface area contributed by atoms with Crippen molar-refractivity contribution in [3.8, 4) is 0 Å². The monoisotopic (exact) mass is 692 g/mol. The zero-order chi connectivity index (χ0) is 36.3. The van der Waals surface area contributed by atoms with E-state index in [0.29, 0.717) is 0 Å². The summed E-state index contributed by atoms with van der Waals surface area (Å²) in [5.41, 5.74) is -6.22. The Kier molecular flexibility index (Phi) is 8.37. The van der Waals surface area contributed by atoms with Crippen LogP contribution < -0.4 is 0 Å². The maximum atomic E-state index is 13.7. The molecule has 17 atom stereocenters. The Morgan fingerprint density at radius 3 is 2.04 bits per heavy atom. The van der Waals surface area contributed by atoms with Crippen LogP contribution in [0.25, 0.3) is 0 Å². The quantitative estimate of drug-likeness (QED) is 0.202. The minimum Gasteiger partial charge on any atom is -0.469 e. The van der Waals surface area contributed by atoms with Crippen LogP contribution in [0.1, 0.15) is 61.8 Å². The molecule has 0 bridgehead atoms. The van der Waals surface area contributed by atoms with Gasteiger partial charge in [-0.2, -0.15) is 0 Å². The van der Waals surface area contributed by atoms with Crippen molar-refractivity contribution < 1.29 is 67.7 Å². The summed E-state index contributed by atoms with van der Waals surface area (Å²) >= 11 is 0. The number of aliphatic hydroxyl groups excluding tert-OH is 2. The number of methoxy groups -OCH3 is 1. The van der Waals surface area contributed by atoms with Crippen LogP contribution in [-0.4, -0.2) is 101 Å². The van der Waals surface area contributed by atoms with Gasteiger partial charge >= 0.3 is 29.8 Å². The molecular weight excluding hydrogens is 644 g/mol. The summed E-state index contributed by atoms with van der Waals surface area (Å²) in [5.74, 6) is -9.31. The van der Waals surface area contributed by atoms with Crippen molar-refractivity contribution in [3.63, 3.8) is 0 Å². The van der Waals surface area contributed by atoms with Crippen molar-refractivity contribution in [1.29, 1.82) is 0 Å². The topological polar surface area (TPSA) is 205 Å². The molecule has 3 saturated carbocycles. The van der Waals surface area contributed by atoms with Crippen molar-refractivity contribution in [1.82, 2.24) is 0 Å². The highest BCUT2D eigenvalue weighted by molar-refractivity contribution is 5.85. The molecule has 0 amide bonds. The van der Waals surface area contributed by atoms with Crippen molar-refractivity contribution in [3.05, 3.63) is 11.8 Å². The average molecular weight is 693 g/mol. The van der Waals surface area contributed by atoms with Crippen LogP contribution in [0.15, 0.2) is 11.8 Å². The highest BCUT2D eigenvalue weighted by Crippen LogP contribution is 2.74. The summed E-state index contributed by atoms with van der Waals surface area (Å²) in [5, 5.41) is 35.9. The lowest BCUT2D eigenvalue weighted by Gasteiger charge is -2.61. The maximum absolute atomic E-state index is 13.7. The van der Waals surface area contributed by atoms with Gasteiger partial charge in [0.1, 0.15) is 30.2 Å². The Morgan fingerprint density at radius 2 is 1.49 bits per heavy atom. The molecule has 4 aliphatic carbocycles. The number of aliphatic hydroxyl groups is 3. The van der Waals surface area contributed by atoms with E-state index >= 15 is 0 Å². The number of hydrogen-bond acceptors (Lipinski definition) is 14. The van der Waals surface area contributed by atoms with Crippen LogP contribution in [0.5, 0.6) is 0 Å². The van der Waals surface area contributed by atoms with Crippen molar-refractivity contribution in [2.45, 2.75) is 104 Å². The number of ether oxygens (including phenoxy) is 6. The first-order valence-electron chi connectivity index (χ1n) is 16.9. The van der Waals surface area contributed by atoms with Gasteiger partial charge in [-0.15, -0.1) is 0 Å². The van der Waals surface area contributed by atoms with E-state index in [-0.39, 0.29) is 12.2 Å². The molecule has 0 aromatic heterocycles. The van der Waals surface area contributed by atoms with Crippen molar-refractivity contribution in [2.24, 2.45) is 57.7 Å². The summed E-state index contributed by atoms with van der Waals surface area (Å²) in [4.78, 5) is 65.5. The third-order valence-electron chi connectivity index (χ3n) is 13.6. The van der Waals surface area contributed by atoms with E-state index in [1.807, 2.05) is 13.8 Å². The summed E-state index contributed by atoms with van der Waals surface area (Å²) in [6, 6.07) is 0. The molecule has 49 heavy (non-hydrogen) atoms. The zero-order valence-electron chi connectivity index (χ0n) is 29.3. The lowest BCUT2D eigenvalue weighted by Crippen LogP contribution is -2.70. The highest BCUT2D eigenvalue weighted by atomic mass is 16.6. The Labute approximate surface area is 284 Å². The predicted octanol–water partition coefficient (Wildman–Crippen LogP) is 1.06. The number of epoxide rings is 1. The largest absolute Gasteiger partial charge is 0.469 e. The molecule has 2 heterocycles. The minimum atomic E-state index is -2.06. The second-order valence-electron chi connectivity index (χ2n) is 15.8. The average Bonchev–Trinajstić information content (AvgIpc) is 3.70. The molecule has 6 rings (SSSR count). The van der Waals surface area contributed by atoms with Gasteiger partial charge in [-0.05, 0) is 50.0 Å². The first-order valence-corrected chi connectivity index (χ1v) is 16.9. The normalized spacial score (nSPS) is 50.7. The number of carbonyl (C=O) groups is 5. The van der Waals surface area contributed by atoms with Gasteiger partial charge in [0.05, 0.1) is 30.7 Å². The van der Waals surface area contributed by atoms with Crippen LogP contribution in [-0.2, 0) is 52.4 Å². The fourth-order valence-electron chi connectivity index (χ4n) is 11.6. The van der Waals surface area contributed by atoms with E-state index in [0.717, 1.165) is 0 Å². The van der Waals surface area contributed by atoms with E-state index in [1.54, 1.807) is 19.9 Å². The molecule has 0 spiro atoms. The van der Waals surface area contributed by atoms with Crippen LogP contribution in [0.2, 0.25) is 0 Å². The first kappa shape index (κ1) is 35.7. The van der Waals surface area contributed by atoms with Gasteiger partial charge in [0.2, 0.25) is 0 Å². The fourth-order valence-corrected chi connectivity index (χ4v) is 11.6. The smallest absolute Gasteiger partial charge is 0.343 e. The third-order valence-corrected chi connectivity index (χ3v) is 13.6. The van der Waals surface area contributed by atoms with Crippen molar-refractivity contribution in [2.75, 3.05) is 13.7 Å². The van der Waals surface area contributed by atoms with E-state index in [9.17, 15) is 39.3 Å². The predicted molar refractivity (Wildman–Crippen MR) is 164 cm³/mol. The molecule has 3 N–H and O–H groups in total. The number of allylic oxidation sites excluding steroid dienone is 1. The molecule has 14 nitrogen and oxygen atoms in total. The second-order valence-corrected chi connectivity index (χ2v) is 15.8. The number of carbonyl (C=O) groups excluding carboxylic acids is 5. The van der Waals surface area contributed by atoms with Gasteiger partial charge in [0, 0.05) is 50.0 Å². The zero-order valence-corrected chi connectivity index (χ0v) is 29.3. The molecule has 6 aliphatic rings. The van der Waals surface area contributed by atoms with Crippen LogP contribution in [0.4, 0.5) is 0 Å². The molecule has 0 radical (unpaired) electrons. The van der Waals surface area contributed by atoms with E-state index in [2.05, 4.69) is 0 Å². The molecule has 5 fully saturated rings. The maximum Gasteiger partial charge on any atom is 0.343 e. The Bertz CT molecular complexity index is 1490. The number of fused-ring (bicyclic) bond motifs is 6. The molecular formula is C35H48O14. The summed E-state index contributed by atoms with van der Waals surface area (Å²) in [7, 11) is 1.23. The van der Waals surface area contributed by atoms with E-state index < -0.39 is 136 Å². The summed E-state index contributed by atoms with van der Waals surface area (Å²) in [6.07, 6.45) is -4.16. The molecule has 4 unspecified atom stereocenters. The summed E-state index contributed by atoms with van der Waals surface area (Å²) in [6.45, 7) is 11.4. The lowest BCUT2D eigenvalue weighted by molar-refractivity contribution is -0.257. The van der Waals surface area contributed by atoms with Crippen LogP contribution in [0, 0.1) is 57.7 Å². The molecule has 2 saturated heterocycles. The second kappa shape index (κ2) is 11.5. The number of hydrogen-bond donors (Lipinski definition) is 3. The van der Waals surface area contributed by atoms with Gasteiger partial charge in [-0.25, -0.2) is 4.79 Å². The van der Waals surface area contributed by atoms with Gasteiger partial charge in [-0.3, -0.25) is 19.2 Å². The third kappa shape index (κ3) is 4.62. The van der Waals surface area contributed by atoms with Crippen molar-refractivity contribution >= 4 is 29.8 Å². The Hall–Kier alpha value is -3.07. The van der Waals surface area contributed by atoms with Gasteiger partial charge in [0.15, 0.2) is 5.60 Å². The SMILES string of the molecule is COC(=O)[C@H]1C[C@@H]2O[C@@H]2[C@H](OC(C)=O)[C@]1(C)C1[C@@H](CO)C2[C@@H](O)C3C([C@H](C)C=C4OC(=O)[C@@](C)(O)[C@@]43C)[C@@]2(C)[C@@H](OC(C)=O)[C@H]1OC(C)=O. The van der Waals surface area contributed by atoms with Crippen LogP contribution in [0.3, 0.4) is 0 Å². The van der Waals surface area contributed by atoms with E-state index in [1.165, 1.54) is 34.8 Å². The minimum absolute atomic E-state index is 0.172. The van der Waals surface area contributed by atoms with Gasteiger partial charge in [0.25, 0.3) is 0 Å². The highest BCUT2D eigenvalue weighted by Gasteiger charge is 2.81. The lowest BCUT2D eigenvalue weighted by atomic mass is 9.45. The Balaban J connectivity index is 1.63. The molecule has 0 aromatic carbocycles. The molecule has 0 aromatic rings.